The highest BCUT2D eigenvalue weighted by molar-refractivity contribution is 8.00. The van der Waals surface area contributed by atoms with Crippen LogP contribution in [0.4, 0.5) is 4.39 Å². The summed E-state index contributed by atoms with van der Waals surface area (Å²) in [4.78, 5) is 12.3. The van der Waals surface area contributed by atoms with Gasteiger partial charge in [0.2, 0.25) is 5.91 Å². The van der Waals surface area contributed by atoms with E-state index in [-0.39, 0.29) is 29.6 Å². The Kier molecular flexibility index (Phi) is 5.22. The molecule has 1 saturated carbocycles. The number of thioether (sulfide) groups is 1. The van der Waals surface area contributed by atoms with Crippen LogP contribution >= 0.6 is 11.8 Å². The number of halogens is 1. The van der Waals surface area contributed by atoms with Crippen molar-refractivity contribution in [2.45, 2.75) is 42.7 Å². The smallest absolute Gasteiger partial charge is 0.230 e. The molecule has 1 aliphatic carbocycles. The molecule has 0 spiro atoms. The molecule has 104 valence electrons. The molecule has 0 unspecified atom stereocenters. The third-order valence-corrected chi connectivity index (χ3v) is 4.31. The number of nitrogens with one attached hydrogen (secondary N) is 1. The number of hydrogen-bond donors (Lipinski definition) is 2. The fourth-order valence-corrected chi connectivity index (χ4v) is 2.95. The zero-order valence-electron chi connectivity index (χ0n) is 10.6. The first-order valence-corrected chi connectivity index (χ1v) is 7.48. The van der Waals surface area contributed by atoms with Gasteiger partial charge in [0.25, 0.3) is 0 Å². The fourth-order valence-electron chi connectivity index (χ4n) is 2.19. The predicted octanol–water partition coefficient (Wildman–Crippen LogP) is 2.34. The van der Waals surface area contributed by atoms with Crippen molar-refractivity contribution in [2.24, 2.45) is 0 Å². The minimum absolute atomic E-state index is 0.0744. The van der Waals surface area contributed by atoms with Gasteiger partial charge in [-0.25, -0.2) is 4.39 Å². The molecule has 1 amide bonds. The molecule has 0 heterocycles. The lowest BCUT2D eigenvalue weighted by Crippen LogP contribution is -2.39. The lowest BCUT2D eigenvalue weighted by Gasteiger charge is -2.26. The van der Waals surface area contributed by atoms with E-state index in [2.05, 4.69) is 5.32 Å². The largest absolute Gasteiger partial charge is 0.393 e. The van der Waals surface area contributed by atoms with Crippen LogP contribution in [0, 0.1) is 5.82 Å². The Bertz CT molecular complexity index is 433. The summed E-state index contributed by atoms with van der Waals surface area (Å²) in [6, 6.07) is 6.60. The molecule has 0 atom stereocenters. The first-order chi connectivity index (χ1) is 9.15. The number of carbonyl (C=O) groups excluding carboxylic acids is 1. The molecule has 19 heavy (non-hydrogen) atoms. The van der Waals surface area contributed by atoms with Gasteiger partial charge in [0, 0.05) is 10.9 Å². The van der Waals surface area contributed by atoms with E-state index in [1.165, 1.54) is 17.8 Å². The molecule has 3 nitrogen and oxygen atoms in total. The van der Waals surface area contributed by atoms with Crippen molar-refractivity contribution in [3.05, 3.63) is 30.1 Å². The summed E-state index contributed by atoms with van der Waals surface area (Å²) in [7, 11) is 0. The van der Waals surface area contributed by atoms with Crippen molar-refractivity contribution in [1.82, 2.24) is 5.32 Å². The molecule has 1 aromatic rings. The third-order valence-electron chi connectivity index (χ3n) is 3.26. The highest BCUT2D eigenvalue weighted by atomic mass is 32.2. The van der Waals surface area contributed by atoms with Crippen LogP contribution in [-0.4, -0.2) is 28.9 Å². The normalized spacial score (nSPS) is 23.1. The number of benzene rings is 1. The second-order valence-electron chi connectivity index (χ2n) is 4.79. The van der Waals surface area contributed by atoms with Crippen LogP contribution in [0.3, 0.4) is 0 Å². The van der Waals surface area contributed by atoms with Crippen LogP contribution in [0.2, 0.25) is 0 Å². The zero-order valence-corrected chi connectivity index (χ0v) is 11.5. The van der Waals surface area contributed by atoms with Crippen LogP contribution in [0.1, 0.15) is 25.7 Å². The average molecular weight is 283 g/mol. The second kappa shape index (κ2) is 6.91. The van der Waals surface area contributed by atoms with Gasteiger partial charge in [-0.1, -0.05) is 12.1 Å². The predicted molar refractivity (Wildman–Crippen MR) is 73.5 cm³/mol. The number of amides is 1. The van der Waals surface area contributed by atoms with E-state index in [1.54, 1.807) is 18.2 Å². The number of hydrogen-bond acceptors (Lipinski definition) is 3. The summed E-state index contributed by atoms with van der Waals surface area (Å²) in [6.45, 7) is 0. The Balaban J connectivity index is 1.74. The SMILES string of the molecule is O=C(CSc1ccccc1F)NC1CCC(O)CC1. The number of aliphatic hydroxyl groups is 1. The van der Waals surface area contributed by atoms with Gasteiger partial charge < -0.3 is 10.4 Å². The van der Waals surface area contributed by atoms with E-state index >= 15 is 0 Å². The van der Waals surface area contributed by atoms with E-state index in [0.29, 0.717) is 4.90 Å². The molecule has 0 aliphatic heterocycles. The zero-order chi connectivity index (χ0) is 13.7. The standard InChI is InChI=1S/C14H18FNO2S/c15-12-3-1-2-4-13(12)19-9-14(18)16-10-5-7-11(17)8-6-10/h1-4,10-11,17H,5-9H2,(H,16,18). The van der Waals surface area contributed by atoms with Gasteiger partial charge in [0.15, 0.2) is 0 Å². The van der Waals surface area contributed by atoms with Gasteiger partial charge in [0.1, 0.15) is 5.82 Å². The minimum Gasteiger partial charge on any atom is -0.393 e. The van der Waals surface area contributed by atoms with E-state index < -0.39 is 0 Å². The quantitative estimate of drug-likeness (QED) is 0.834. The van der Waals surface area contributed by atoms with Crippen molar-refractivity contribution < 1.29 is 14.3 Å². The van der Waals surface area contributed by atoms with Crippen LogP contribution in [0.5, 0.6) is 0 Å². The molecule has 5 heteroatoms. The molecule has 1 fully saturated rings. The van der Waals surface area contributed by atoms with E-state index in [0.717, 1.165) is 25.7 Å². The third kappa shape index (κ3) is 4.51. The van der Waals surface area contributed by atoms with Gasteiger partial charge in [-0.3, -0.25) is 4.79 Å². The van der Waals surface area contributed by atoms with Crippen molar-refractivity contribution in [3.8, 4) is 0 Å². The highest BCUT2D eigenvalue weighted by Crippen LogP contribution is 2.22. The number of aliphatic hydroxyl groups excluding tert-OH is 1. The lowest BCUT2D eigenvalue weighted by molar-refractivity contribution is -0.119. The minimum atomic E-state index is -0.291. The van der Waals surface area contributed by atoms with E-state index in [4.69, 9.17) is 0 Å². The molecule has 0 radical (unpaired) electrons. The Morgan fingerprint density at radius 1 is 1.32 bits per heavy atom. The summed E-state index contributed by atoms with van der Waals surface area (Å²) < 4.78 is 13.4. The summed E-state index contributed by atoms with van der Waals surface area (Å²) >= 11 is 1.21. The summed E-state index contributed by atoms with van der Waals surface area (Å²) in [5.41, 5.74) is 0. The van der Waals surface area contributed by atoms with Gasteiger partial charge in [-0.15, -0.1) is 11.8 Å². The van der Waals surface area contributed by atoms with Crippen LogP contribution in [0.25, 0.3) is 0 Å². The molecule has 1 aliphatic rings. The first-order valence-electron chi connectivity index (χ1n) is 6.50. The Labute approximate surface area is 116 Å². The maximum Gasteiger partial charge on any atom is 0.230 e. The van der Waals surface area contributed by atoms with Gasteiger partial charge >= 0.3 is 0 Å². The molecule has 2 N–H and O–H groups in total. The van der Waals surface area contributed by atoms with Crippen LogP contribution in [0.15, 0.2) is 29.2 Å². The number of carbonyl (C=O) groups is 1. The molecule has 0 saturated heterocycles. The summed E-state index contributed by atoms with van der Waals surface area (Å²) in [6.07, 6.45) is 2.90. The van der Waals surface area contributed by atoms with Gasteiger partial charge in [-0.05, 0) is 37.8 Å². The summed E-state index contributed by atoms with van der Waals surface area (Å²) in [5.74, 6) is -0.143. The Morgan fingerprint density at radius 2 is 2.00 bits per heavy atom. The average Bonchev–Trinajstić information content (AvgIpc) is 2.40. The van der Waals surface area contributed by atoms with Crippen LogP contribution < -0.4 is 5.32 Å². The van der Waals surface area contributed by atoms with E-state index in [9.17, 15) is 14.3 Å². The maximum absolute atomic E-state index is 13.4. The van der Waals surface area contributed by atoms with Crippen LogP contribution in [-0.2, 0) is 4.79 Å². The Morgan fingerprint density at radius 3 is 2.68 bits per heavy atom. The molecular weight excluding hydrogens is 265 g/mol. The van der Waals surface area contributed by atoms with Crippen molar-refractivity contribution >= 4 is 17.7 Å². The highest BCUT2D eigenvalue weighted by Gasteiger charge is 2.20. The summed E-state index contributed by atoms with van der Waals surface area (Å²) in [5, 5.41) is 12.3. The van der Waals surface area contributed by atoms with Crippen molar-refractivity contribution in [3.63, 3.8) is 0 Å². The lowest BCUT2D eigenvalue weighted by atomic mass is 9.93. The fraction of sp³-hybridized carbons (Fsp3) is 0.500. The van der Waals surface area contributed by atoms with E-state index in [1.807, 2.05) is 0 Å². The first kappa shape index (κ1) is 14.3. The monoisotopic (exact) mass is 283 g/mol. The maximum atomic E-state index is 13.4. The molecule has 0 bridgehead atoms. The van der Waals surface area contributed by atoms with Crippen molar-refractivity contribution in [1.29, 1.82) is 0 Å². The molecule has 0 aromatic heterocycles. The van der Waals surface area contributed by atoms with Gasteiger partial charge in [0.05, 0.1) is 11.9 Å². The second-order valence-corrected chi connectivity index (χ2v) is 5.81. The molecule has 2 rings (SSSR count). The topological polar surface area (TPSA) is 49.3 Å². The van der Waals surface area contributed by atoms with Gasteiger partial charge in [-0.2, -0.15) is 0 Å². The Hall–Kier alpha value is -1.07. The van der Waals surface area contributed by atoms with Crippen molar-refractivity contribution in [2.75, 3.05) is 5.75 Å². The molecular formula is C14H18FNO2S. The number of rotatable bonds is 4. The molecule has 1 aromatic carbocycles.